The molecule has 0 aliphatic rings. The van der Waals surface area contributed by atoms with E-state index in [2.05, 4.69) is 15.5 Å². The van der Waals surface area contributed by atoms with Gasteiger partial charge in [0.25, 0.3) is 0 Å². The van der Waals surface area contributed by atoms with Crippen molar-refractivity contribution >= 4 is 33.4 Å². The van der Waals surface area contributed by atoms with Crippen molar-refractivity contribution in [1.29, 1.82) is 0 Å². The molecule has 3 aromatic rings. The van der Waals surface area contributed by atoms with E-state index in [9.17, 15) is 13.2 Å². The average Bonchev–Trinajstić information content (AvgIpc) is 3.05. The summed E-state index contributed by atoms with van der Waals surface area (Å²) in [4.78, 5) is 12.1. The van der Waals surface area contributed by atoms with E-state index in [0.717, 1.165) is 11.1 Å². The molecule has 0 bridgehead atoms. The molecule has 0 atom stereocenters. The van der Waals surface area contributed by atoms with Crippen LogP contribution in [0.1, 0.15) is 11.1 Å². The van der Waals surface area contributed by atoms with Gasteiger partial charge in [-0.05, 0) is 61.4 Å². The second-order valence-corrected chi connectivity index (χ2v) is 8.40. The summed E-state index contributed by atoms with van der Waals surface area (Å²) in [5, 5.41) is 10.3. The third-order valence-electron chi connectivity index (χ3n) is 3.92. The quantitative estimate of drug-likeness (QED) is 0.697. The smallest absolute Gasteiger partial charge is 0.322 e. The van der Waals surface area contributed by atoms with Crippen LogP contribution in [-0.4, -0.2) is 30.3 Å². The predicted octanol–water partition coefficient (Wildman–Crippen LogP) is 3.42. The van der Waals surface area contributed by atoms with Gasteiger partial charge in [-0.15, -0.1) is 5.10 Å². The molecule has 3 rings (SSSR count). The van der Waals surface area contributed by atoms with Gasteiger partial charge in [-0.2, -0.15) is 0 Å². The monoisotopic (exact) mass is 405 g/mol. The standard InChI is InChI=1S/C18H16ClN3O4S/c1-11-3-4-13(9-12(11)2)17-21-22-18(26-17)20-16(23)10-27(24,25)15-7-5-14(19)6-8-15/h3-9H,10H2,1-2H3,(H,20,22,23). The van der Waals surface area contributed by atoms with Crippen LogP contribution in [0.15, 0.2) is 51.8 Å². The van der Waals surface area contributed by atoms with E-state index < -0.39 is 21.5 Å². The highest BCUT2D eigenvalue weighted by Crippen LogP contribution is 2.22. The molecule has 1 heterocycles. The third-order valence-corrected chi connectivity index (χ3v) is 5.80. The van der Waals surface area contributed by atoms with Crippen LogP contribution in [-0.2, 0) is 14.6 Å². The van der Waals surface area contributed by atoms with Crippen molar-refractivity contribution in [2.75, 3.05) is 11.1 Å². The van der Waals surface area contributed by atoms with E-state index in [1.807, 2.05) is 32.0 Å². The second kappa shape index (κ2) is 7.50. The first kappa shape index (κ1) is 19.1. The average molecular weight is 406 g/mol. The molecule has 1 amide bonds. The van der Waals surface area contributed by atoms with Gasteiger partial charge in [-0.25, -0.2) is 8.42 Å². The van der Waals surface area contributed by atoms with E-state index in [1.54, 1.807) is 0 Å². The van der Waals surface area contributed by atoms with Crippen LogP contribution in [0.3, 0.4) is 0 Å². The number of sulfone groups is 1. The lowest BCUT2D eigenvalue weighted by atomic mass is 10.1. The number of amides is 1. The summed E-state index contributed by atoms with van der Waals surface area (Å²) >= 11 is 5.74. The molecule has 7 nitrogen and oxygen atoms in total. The molecule has 27 heavy (non-hydrogen) atoms. The Hall–Kier alpha value is -2.71. The van der Waals surface area contributed by atoms with E-state index in [1.165, 1.54) is 24.3 Å². The van der Waals surface area contributed by atoms with Gasteiger partial charge in [0.15, 0.2) is 9.84 Å². The number of rotatable bonds is 5. The van der Waals surface area contributed by atoms with E-state index in [0.29, 0.717) is 10.6 Å². The topological polar surface area (TPSA) is 102 Å². The van der Waals surface area contributed by atoms with Crippen LogP contribution in [0.4, 0.5) is 6.01 Å². The van der Waals surface area contributed by atoms with Crippen molar-refractivity contribution in [1.82, 2.24) is 10.2 Å². The third kappa shape index (κ3) is 4.53. The van der Waals surface area contributed by atoms with Crippen LogP contribution >= 0.6 is 11.6 Å². The first-order valence-electron chi connectivity index (χ1n) is 7.94. The van der Waals surface area contributed by atoms with Gasteiger partial charge >= 0.3 is 6.01 Å². The Morgan fingerprint density at radius 2 is 1.78 bits per heavy atom. The maximum absolute atomic E-state index is 12.3. The van der Waals surface area contributed by atoms with Gasteiger partial charge in [0.05, 0.1) is 4.90 Å². The number of nitrogens with zero attached hydrogens (tertiary/aromatic N) is 2. The Morgan fingerprint density at radius 3 is 2.44 bits per heavy atom. The second-order valence-electron chi connectivity index (χ2n) is 5.97. The number of hydrogen-bond donors (Lipinski definition) is 1. The Balaban J connectivity index is 1.70. The molecule has 1 N–H and O–H groups in total. The van der Waals surface area contributed by atoms with E-state index >= 15 is 0 Å². The first-order chi connectivity index (χ1) is 12.7. The molecule has 1 aromatic heterocycles. The lowest BCUT2D eigenvalue weighted by Gasteiger charge is -2.04. The molecule has 0 aliphatic carbocycles. The molecular formula is C18H16ClN3O4S. The number of carbonyl (C=O) groups excluding carboxylic acids is 1. The summed E-state index contributed by atoms with van der Waals surface area (Å²) in [7, 11) is -3.81. The number of carbonyl (C=O) groups is 1. The number of benzene rings is 2. The minimum Gasteiger partial charge on any atom is -0.403 e. The lowest BCUT2D eigenvalue weighted by Crippen LogP contribution is -2.23. The zero-order valence-electron chi connectivity index (χ0n) is 14.6. The fourth-order valence-electron chi connectivity index (χ4n) is 2.32. The van der Waals surface area contributed by atoms with Crippen LogP contribution in [0.5, 0.6) is 0 Å². The van der Waals surface area contributed by atoms with E-state index in [-0.39, 0.29) is 16.8 Å². The largest absolute Gasteiger partial charge is 0.403 e. The highest BCUT2D eigenvalue weighted by molar-refractivity contribution is 7.92. The molecule has 0 radical (unpaired) electrons. The van der Waals surface area contributed by atoms with Crippen LogP contribution < -0.4 is 5.32 Å². The summed E-state index contributed by atoms with van der Waals surface area (Å²) in [6.07, 6.45) is 0. The van der Waals surface area contributed by atoms with Crippen molar-refractivity contribution in [2.45, 2.75) is 18.7 Å². The molecule has 0 aliphatic heterocycles. The molecule has 0 unspecified atom stereocenters. The molecule has 140 valence electrons. The van der Waals surface area contributed by atoms with Gasteiger partial charge in [-0.1, -0.05) is 22.8 Å². The Morgan fingerprint density at radius 1 is 1.07 bits per heavy atom. The fourth-order valence-corrected chi connectivity index (χ4v) is 3.58. The zero-order chi connectivity index (χ0) is 19.6. The molecule has 0 fully saturated rings. The highest BCUT2D eigenvalue weighted by atomic mass is 35.5. The molecule has 0 saturated heterocycles. The van der Waals surface area contributed by atoms with Gasteiger partial charge in [0.1, 0.15) is 5.75 Å². The number of aromatic nitrogens is 2. The normalized spacial score (nSPS) is 11.4. The minimum atomic E-state index is -3.81. The number of halogens is 1. The first-order valence-corrected chi connectivity index (χ1v) is 9.97. The van der Waals surface area contributed by atoms with Gasteiger partial charge < -0.3 is 4.42 Å². The summed E-state index contributed by atoms with van der Waals surface area (Å²) in [5.74, 6) is -1.30. The van der Waals surface area contributed by atoms with E-state index in [4.69, 9.17) is 16.0 Å². The lowest BCUT2D eigenvalue weighted by molar-refractivity contribution is -0.114. The van der Waals surface area contributed by atoms with Gasteiger partial charge in [0, 0.05) is 10.6 Å². The van der Waals surface area contributed by atoms with Gasteiger partial charge in [0.2, 0.25) is 11.8 Å². The summed E-state index contributed by atoms with van der Waals surface area (Å²) in [6.45, 7) is 3.94. The SMILES string of the molecule is Cc1ccc(-c2nnc(NC(=O)CS(=O)(=O)c3ccc(Cl)cc3)o2)cc1C. The Kier molecular flexibility index (Phi) is 5.29. The molecule has 0 spiro atoms. The fraction of sp³-hybridized carbons (Fsp3) is 0.167. The van der Waals surface area contributed by atoms with Crippen LogP contribution in [0, 0.1) is 13.8 Å². The summed E-state index contributed by atoms with van der Waals surface area (Å²) < 4.78 is 29.9. The minimum absolute atomic E-state index is 0.00315. The molecule has 0 saturated carbocycles. The van der Waals surface area contributed by atoms with Crippen LogP contribution in [0.2, 0.25) is 5.02 Å². The maximum atomic E-state index is 12.3. The molecular weight excluding hydrogens is 390 g/mol. The van der Waals surface area contributed by atoms with Crippen molar-refractivity contribution in [2.24, 2.45) is 0 Å². The summed E-state index contributed by atoms with van der Waals surface area (Å²) in [6, 6.07) is 11.0. The maximum Gasteiger partial charge on any atom is 0.322 e. The van der Waals surface area contributed by atoms with Crippen molar-refractivity contribution in [3.8, 4) is 11.5 Å². The number of aryl methyl sites for hydroxylation is 2. The zero-order valence-corrected chi connectivity index (χ0v) is 16.1. The Labute approximate surface area is 161 Å². The van der Waals surface area contributed by atoms with Crippen molar-refractivity contribution in [3.05, 3.63) is 58.6 Å². The molecule has 2 aromatic carbocycles. The van der Waals surface area contributed by atoms with Crippen molar-refractivity contribution < 1.29 is 17.6 Å². The number of hydrogen-bond acceptors (Lipinski definition) is 6. The highest BCUT2D eigenvalue weighted by Gasteiger charge is 2.21. The Bertz CT molecular complexity index is 1090. The van der Waals surface area contributed by atoms with Crippen LogP contribution in [0.25, 0.3) is 11.5 Å². The number of nitrogens with one attached hydrogen (secondary N) is 1. The predicted molar refractivity (Wildman–Crippen MR) is 101 cm³/mol. The van der Waals surface area contributed by atoms with Crippen molar-refractivity contribution in [3.63, 3.8) is 0 Å². The molecule has 9 heteroatoms. The van der Waals surface area contributed by atoms with Gasteiger partial charge in [-0.3, -0.25) is 10.1 Å². The summed E-state index contributed by atoms with van der Waals surface area (Å²) in [5.41, 5.74) is 2.89. The number of anilines is 1.